The highest BCUT2D eigenvalue weighted by Gasteiger charge is 2.48. The zero-order valence-electron chi connectivity index (χ0n) is 22.2. The first-order valence-electron chi connectivity index (χ1n) is 13.1. The molecule has 0 spiro atoms. The quantitative estimate of drug-likeness (QED) is 0.189. The minimum absolute atomic E-state index is 0.176. The van der Waals surface area contributed by atoms with Gasteiger partial charge in [-0.1, -0.05) is 55.0 Å². The number of allylic oxidation sites excluding steroid dienone is 4. The molecule has 2 aliphatic carbocycles. The highest BCUT2D eigenvalue weighted by molar-refractivity contribution is 14.1. The van der Waals surface area contributed by atoms with Crippen molar-refractivity contribution in [3.05, 3.63) is 133 Å². The first kappa shape index (κ1) is 31.2. The molecule has 0 fully saturated rings. The standard InChI is InChI=1S/C33H26I4O4/c1-18-15-26(35)28(37)16-23(18)29-24-17-27(36)25(34)14-13-22(24)19(2)30(40-32(38)20-9-5-3-6-10-20)31(29)41-33(39)21-11-7-4-8-12-21/h3-12,14-17,19,29-31H,13H2,1-2H3. The van der Waals surface area contributed by atoms with Crippen molar-refractivity contribution < 1.29 is 19.1 Å². The van der Waals surface area contributed by atoms with Crippen LogP contribution in [-0.4, -0.2) is 24.1 Å². The lowest BCUT2D eigenvalue weighted by molar-refractivity contribution is -0.0593. The van der Waals surface area contributed by atoms with Crippen LogP contribution in [0.15, 0.2) is 103 Å². The molecule has 2 aliphatic rings. The second-order valence-electron chi connectivity index (χ2n) is 10.1. The van der Waals surface area contributed by atoms with E-state index in [1.165, 1.54) is 9.15 Å². The van der Waals surface area contributed by atoms with Gasteiger partial charge in [0.25, 0.3) is 0 Å². The van der Waals surface area contributed by atoms with Crippen LogP contribution in [-0.2, 0) is 9.47 Å². The predicted molar refractivity (Wildman–Crippen MR) is 196 cm³/mol. The van der Waals surface area contributed by atoms with E-state index in [9.17, 15) is 9.59 Å². The average Bonchev–Trinajstić information content (AvgIpc) is 3.12. The van der Waals surface area contributed by atoms with E-state index >= 15 is 0 Å². The number of benzene rings is 3. The Balaban J connectivity index is 1.70. The predicted octanol–water partition coefficient (Wildman–Crippen LogP) is 9.73. The van der Waals surface area contributed by atoms with Crippen molar-refractivity contribution in [2.24, 2.45) is 5.92 Å². The van der Waals surface area contributed by atoms with Gasteiger partial charge in [0.2, 0.25) is 0 Å². The summed E-state index contributed by atoms with van der Waals surface area (Å²) in [6, 6.07) is 22.4. The molecule has 4 unspecified atom stereocenters. The Morgan fingerprint density at radius 2 is 1.29 bits per heavy atom. The molecule has 0 saturated carbocycles. The van der Waals surface area contributed by atoms with E-state index in [2.05, 4.69) is 128 Å². The van der Waals surface area contributed by atoms with Crippen molar-refractivity contribution in [1.29, 1.82) is 0 Å². The van der Waals surface area contributed by atoms with Gasteiger partial charge < -0.3 is 9.47 Å². The minimum Gasteiger partial charge on any atom is -0.454 e. The fraction of sp³-hybridized carbons (Fsp3) is 0.212. The molecule has 0 radical (unpaired) electrons. The third kappa shape index (κ3) is 6.79. The van der Waals surface area contributed by atoms with Crippen LogP contribution in [0, 0.1) is 20.0 Å². The summed E-state index contributed by atoms with van der Waals surface area (Å²) in [7, 11) is 0. The first-order chi connectivity index (χ1) is 19.7. The monoisotopic (exact) mass is 994 g/mol. The fourth-order valence-electron chi connectivity index (χ4n) is 5.48. The Kier molecular flexibility index (Phi) is 10.3. The third-order valence-electron chi connectivity index (χ3n) is 7.56. The number of aryl methyl sites for hydroxylation is 1. The lowest BCUT2D eigenvalue weighted by Crippen LogP contribution is -2.48. The highest BCUT2D eigenvalue weighted by Crippen LogP contribution is 2.49. The number of ether oxygens (including phenoxy) is 2. The molecule has 0 saturated heterocycles. The van der Waals surface area contributed by atoms with Gasteiger partial charge in [-0.3, -0.25) is 0 Å². The molecule has 0 amide bonds. The third-order valence-corrected chi connectivity index (χ3v) is 13.3. The molecule has 3 aromatic carbocycles. The Labute approximate surface area is 295 Å². The van der Waals surface area contributed by atoms with Crippen LogP contribution in [0.25, 0.3) is 0 Å². The van der Waals surface area contributed by atoms with E-state index in [1.807, 2.05) is 36.4 Å². The molecule has 3 aromatic rings. The van der Waals surface area contributed by atoms with E-state index < -0.39 is 24.1 Å². The van der Waals surface area contributed by atoms with Gasteiger partial charge in [0.05, 0.1) is 17.0 Å². The topological polar surface area (TPSA) is 52.6 Å². The van der Waals surface area contributed by atoms with Gasteiger partial charge in [-0.2, -0.15) is 0 Å². The van der Waals surface area contributed by atoms with Crippen molar-refractivity contribution in [2.45, 2.75) is 38.4 Å². The molecule has 4 atom stereocenters. The Morgan fingerprint density at radius 3 is 1.88 bits per heavy atom. The summed E-state index contributed by atoms with van der Waals surface area (Å²) >= 11 is 9.47. The lowest BCUT2D eigenvalue weighted by atomic mass is 9.69. The minimum atomic E-state index is -0.741. The summed E-state index contributed by atoms with van der Waals surface area (Å²) in [5.74, 6) is -1.36. The van der Waals surface area contributed by atoms with Crippen molar-refractivity contribution in [2.75, 3.05) is 0 Å². The average molecular weight is 994 g/mol. The Hall–Kier alpha value is -1.26. The van der Waals surface area contributed by atoms with Crippen LogP contribution in [0.4, 0.5) is 0 Å². The normalized spacial score (nSPS) is 22.2. The Morgan fingerprint density at radius 1 is 0.756 bits per heavy atom. The van der Waals surface area contributed by atoms with E-state index in [-0.39, 0.29) is 11.8 Å². The maximum Gasteiger partial charge on any atom is 0.338 e. The van der Waals surface area contributed by atoms with Gasteiger partial charge in [0, 0.05) is 20.2 Å². The summed E-state index contributed by atoms with van der Waals surface area (Å²) in [6.45, 7) is 4.18. The number of esters is 2. The Bertz CT molecular complexity index is 1580. The fourth-order valence-corrected chi connectivity index (χ4v) is 7.52. The summed E-state index contributed by atoms with van der Waals surface area (Å²) in [5, 5.41) is 0. The summed E-state index contributed by atoms with van der Waals surface area (Å²) in [6.07, 6.45) is 3.75. The molecule has 0 N–H and O–H groups in total. The smallest absolute Gasteiger partial charge is 0.338 e. The highest BCUT2D eigenvalue weighted by atomic mass is 127. The molecule has 0 bridgehead atoms. The van der Waals surface area contributed by atoms with Crippen LogP contribution in [0.3, 0.4) is 0 Å². The van der Waals surface area contributed by atoms with E-state index in [0.29, 0.717) is 11.1 Å². The van der Waals surface area contributed by atoms with Crippen LogP contribution < -0.4 is 0 Å². The largest absolute Gasteiger partial charge is 0.454 e. The molecule has 4 nitrogen and oxygen atoms in total. The van der Waals surface area contributed by atoms with Gasteiger partial charge in [0.1, 0.15) is 6.10 Å². The van der Waals surface area contributed by atoms with Crippen molar-refractivity contribution in [1.82, 2.24) is 0 Å². The number of carbonyl (C=O) groups is 2. The van der Waals surface area contributed by atoms with Gasteiger partial charge in [-0.05, 0) is 163 Å². The second kappa shape index (κ2) is 13.6. The zero-order chi connectivity index (χ0) is 29.3. The number of halogens is 4. The first-order valence-corrected chi connectivity index (χ1v) is 17.4. The molecule has 41 heavy (non-hydrogen) atoms. The van der Waals surface area contributed by atoms with E-state index in [0.717, 1.165) is 33.8 Å². The van der Waals surface area contributed by atoms with Crippen LogP contribution in [0.1, 0.15) is 51.1 Å². The van der Waals surface area contributed by atoms with Crippen LogP contribution in [0.2, 0.25) is 0 Å². The molecular weight excluding hydrogens is 968 g/mol. The zero-order valence-corrected chi connectivity index (χ0v) is 30.9. The molecular formula is C33H26I4O4. The number of carbonyl (C=O) groups excluding carboxylic acids is 2. The van der Waals surface area contributed by atoms with Crippen molar-refractivity contribution in [3.63, 3.8) is 0 Å². The molecule has 8 heteroatoms. The van der Waals surface area contributed by atoms with Gasteiger partial charge >= 0.3 is 11.9 Å². The number of hydrogen-bond donors (Lipinski definition) is 0. The summed E-state index contributed by atoms with van der Waals surface area (Å²) in [4.78, 5) is 27.1. The van der Waals surface area contributed by atoms with Gasteiger partial charge in [-0.15, -0.1) is 0 Å². The van der Waals surface area contributed by atoms with Crippen molar-refractivity contribution in [3.8, 4) is 0 Å². The van der Waals surface area contributed by atoms with E-state index in [1.54, 1.807) is 24.3 Å². The van der Waals surface area contributed by atoms with Gasteiger partial charge in [0.15, 0.2) is 6.10 Å². The van der Waals surface area contributed by atoms with Crippen LogP contribution >= 0.6 is 90.4 Å². The second-order valence-corrected chi connectivity index (χ2v) is 14.7. The number of hydrogen-bond acceptors (Lipinski definition) is 4. The van der Waals surface area contributed by atoms with Gasteiger partial charge in [-0.25, -0.2) is 9.59 Å². The summed E-state index contributed by atoms with van der Waals surface area (Å²) in [5.41, 5.74) is 5.42. The molecule has 210 valence electrons. The maximum absolute atomic E-state index is 13.6. The summed E-state index contributed by atoms with van der Waals surface area (Å²) < 4.78 is 17.4. The maximum atomic E-state index is 13.6. The molecule has 0 heterocycles. The lowest BCUT2D eigenvalue weighted by Gasteiger charge is -2.43. The molecule has 0 aromatic heterocycles. The molecule has 0 aliphatic heterocycles. The van der Waals surface area contributed by atoms with Crippen molar-refractivity contribution >= 4 is 102 Å². The SMILES string of the molecule is Cc1cc(I)c(I)cc1C1C2=C(CC=C(I)C(I)=C2)C(C)C(OC(=O)c2ccccc2)C1OC(=O)c1ccccc1. The molecule has 5 rings (SSSR count). The van der Waals surface area contributed by atoms with Crippen LogP contribution in [0.5, 0.6) is 0 Å². The number of rotatable bonds is 5. The van der Waals surface area contributed by atoms with E-state index in [4.69, 9.17) is 9.47 Å².